The maximum atomic E-state index is 4.16. The summed E-state index contributed by atoms with van der Waals surface area (Å²) in [5, 5.41) is 0.384. The SMILES string of the molecule is CC(S)/C=C/CCS. The van der Waals surface area contributed by atoms with Gasteiger partial charge in [-0.15, -0.1) is 0 Å². The Hall–Kier alpha value is 0.440. The summed E-state index contributed by atoms with van der Waals surface area (Å²) in [6, 6.07) is 0. The number of hydrogen-bond acceptors (Lipinski definition) is 2. The zero-order chi connectivity index (χ0) is 6.41. The van der Waals surface area contributed by atoms with Gasteiger partial charge in [-0.05, 0) is 12.2 Å². The van der Waals surface area contributed by atoms with Gasteiger partial charge in [0.25, 0.3) is 0 Å². The monoisotopic (exact) mass is 148 g/mol. The molecule has 0 aromatic heterocycles. The summed E-state index contributed by atoms with van der Waals surface area (Å²) in [5.41, 5.74) is 0. The van der Waals surface area contributed by atoms with Gasteiger partial charge in [-0.2, -0.15) is 25.3 Å². The summed E-state index contributed by atoms with van der Waals surface area (Å²) in [6.45, 7) is 2.04. The quantitative estimate of drug-likeness (QED) is 0.445. The van der Waals surface area contributed by atoms with Gasteiger partial charge in [-0.3, -0.25) is 0 Å². The average molecular weight is 148 g/mol. The van der Waals surface area contributed by atoms with E-state index in [2.05, 4.69) is 37.4 Å². The van der Waals surface area contributed by atoms with Gasteiger partial charge in [-0.25, -0.2) is 0 Å². The molecule has 0 aliphatic heterocycles. The van der Waals surface area contributed by atoms with E-state index in [1.165, 1.54) is 0 Å². The average Bonchev–Trinajstić information content (AvgIpc) is 1.66. The van der Waals surface area contributed by atoms with Crippen LogP contribution in [0.15, 0.2) is 12.2 Å². The third kappa shape index (κ3) is 6.44. The molecule has 0 aliphatic rings. The Kier molecular flexibility index (Phi) is 5.88. The molecule has 0 bridgehead atoms. The van der Waals surface area contributed by atoms with Crippen LogP contribution in [0.5, 0.6) is 0 Å². The molecular weight excluding hydrogens is 136 g/mol. The molecule has 0 saturated heterocycles. The summed E-state index contributed by atoms with van der Waals surface area (Å²) >= 11 is 8.21. The van der Waals surface area contributed by atoms with Crippen LogP contribution in [0.1, 0.15) is 13.3 Å². The topological polar surface area (TPSA) is 0 Å². The number of allylic oxidation sites excluding steroid dienone is 1. The second-order valence-corrected chi connectivity index (χ2v) is 2.94. The Labute approximate surface area is 62.2 Å². The normalized spacial score (nSPS) is 14.9. The van der Waals surface area contributed by atoms with Crippen molar-refractivity contribution in [1.82, 2.24) is 0 Å². The molecule has 1 unspecified atom stereocenters. The molecule has 0 rings (SSSR count). The highest BCUT2D eigenvalue weighted by molar-refractivity contribution is 7.81. The minimum atomic E-state index is 0.384. The maximum Gasteiger partial charge on any atom is 0.0168 e. The van der Waals surface area contributed by atoms with Gasteiger partial charge in [0.05, 0.1) is 0 Å². The van der Waals surface area contributed by atoms with Crippen molar-refractivity contribution >= 4 is 25.3 Å². The molecule has 48 valence electrons. The number of thiol groups is 2. The first-order chi connectivity index (χ1) is 3.77. The fourth-order valence-electron chi connectivity index (χ4n) is 0.368. The minimum Gasteiger partial charge on any atom is -0.179 e. The summed E-state index contributed by atoms with van der Waals surface area (Å²) < 4.78 is 0. The Balaban J connectivity index is 3.07. The van der Waals surface area contributed by atoms with Crippen molar-refractivity contribution in [3.05, 3.63) is 12.2 Å². The first-order valence-corrected chi connectivity index (χ1v) is 3.88. The van der Waals surface area contributed by atoms with Crippen LogP contribution in [0.4, 0.5) is 0 Å². The molecule has 0 aromatic carbocycles. The molecule has 0 nitrogen and oxygen atoms in total. The summed E-state index contributed by atoms with van der Waals surface area (Å²) in [6.07, 6.45) is 5.22. The molecule has 0 aromatic rings. The van der Waals surface area contributed by atoms with Crippen LogP contribution >= 0.6 is 25.3 Å². The zero-order valence-corrected chi connectivity index (χ0v) is 6.83. The lowest BCUT2D eigenvalue weighted by molar-refractivity contribution is 1.19. The highest BCUT2D eigenvalue weighted by Gasteiger charge is 1.81. The van der Waals surface area contributed by atoms with Crippen LogP contribution in [0.25, 0.3) is 0 Å². The lowest BCUT2D eigenvalue weighted by atomic mass is 10.3. The smallest absolute Gasteiger partial charge is 0.0168 e. The van der Waals surface area contributed by atoms with Crippen molar-refractivity contribution < 1.29 is 0 Å². The highest BCUT2D eigenvalue weighted by Crippen LogP contribution is 1.95. The van der Waals surface area contributed by atoms with Crippen LogP contribution in [-0.4, -0.2) is 11.0 Å². The van der Waals surface area contributed by atoms with Crippen molar-refractivity contribution in [2.75, 3.05) is 5.75 Å². The van der Waals surface area contributed by atoms with Crippen LogP contribution in [0.2, 0.25) is 0 Å². The minimum absolute atomic E-state index is 0.384. The van der Waals surface area contributed by atoms with E-state index >= 15 is 0 Å². The maximum absolute atomic E-state index is 4.16. The van der Waals surface area contributed by atoms with Gasteiger partial charge in [-0.1, -0.05) is 19.1 Å². The first-order valence-electron chi connectivity index (χ1n) is 2.73. The Morgan fingerprint density at radius 2 is 2.25 bits per heavy atom. The van der Waals surface area contributed by atoms with Gasteiger partial charge in [0.1, 0.15) is 0 Å². The van der Waals surface area contributed by atoms with Crippen LogP contribution < -0.4 is 0 Å². The lowest BCUT2D eigenvalue weighted by Gasteiger charge is -1.89. The predicted molar refractivity (Wildman–Crippen MR) is 46.1 cm³/mol. The molecular formula is C6H12S2. The van der Waals surface area contributed by atoms with E-state index < -0.39 is 0 Å². The van der Waals surface area contributed by atoms with Gasteiger partial charge in [0, 0.05) is 5.25 Å². The van der Waals surface area contributed by atoms with Crippen molar-refractivity contribution in [3.63, 3.8) is 0 Å². The first kappa shape index (κ1) is 8.44. The van der Waals surface area contributed by atoms with E-state index in [1.807, 2.05) is 6.92 Å². The molecule has 0 spiro atoms. The molecule has 0 heterocycles. The third-order valence-corrected chi connectivity index (χ3v) is 1.14. The molecule has 8 heavy (non-hydrogen) atoms. The second-order valence-electron chi connectivity index (χ2n) is 1.68. The molecule has 0 saturated carbocycles. The van der Waals surface area contributed by atoms with Gasteiger partial charge in [0.2, 0.25) is 0 Å². The number of rotatable bonds is 3. The summed E-state index contributed by atoms with van der Waals surface area (Å²) in [4.78, 5) is 0. The van der Waals surface area contributed by atoms with Crippen LogP contribution in [0, 0.1) is 0 Å². The van der Waals surface area contributed by atoms with Crippen molar-refractivity contribution in [2.24, 2.45) is 0 Å². The van der Waals surface area contributed by atoms with Gasteiger partial charge >= 0.3 is 0 Å². The molecule has 0 fully saturated rings. The van der Waals surface area contributed by atoms with Crippen LogP contribution in [0.3, 0.4) is 0 Å². The van der Waals surface area contributed by atoms with Crippen LogP contribution in [-0.2, 0) is 0 Å². The standard InChI is InChI=1S/C6H12S2/c1-6(8)4-2-3-5-7/h2,4,6-8H,3,5H2,1H3/b4-2+. The Bertz CT molecular complexity index is 66.9. The highest BCUT2D eigenvalue weighted by atomic mass is 32.1. The second kappa shape index (κ2) is 5.57. The summed E-state index contributed by atoms with van der Waals surface area (Å²) in [7, 11) is 0. The van der Waals surface area contributed by atoms with E-state index in [4.69, 9.17) is 0 Å². The Morgan fingerprint density at radius 1 is 1.62 bits per heavy atom. The Morgan fingerprint density at radius 3 is 2.62 bits per heavy atom. The van der Waals surface area contributed by atoms with Crippen molar-refractivity contribution in [3.8, 4) is 0 Å². The fourth-order valence-corrected chi connectivity index (χ4v) is 0.638. The molecule has 0 amide bonds. The molecule has 2 heteroatoms. The van der Waals surface area contributed by atoms with E-state index in [0.29, 0.717) is 5.25 Å². The molecule has 1 atom stereocenters. The van der Waals surface area contributed by atoms with E-state index in [-0.39, 0.29) is 0 Å². The fraction of sp³-hybridized carbons (Fsp3) is 0.667. The van der Waals surface area contributed by atoms with Gasteiger partial charge in [0.15, 0.2) is 0 Å². The largest absolute Gasteiger partial charge is 0.179 e. The third-order valence-electron chi connectivity index (χ3n) is 0.710. The van der Waals surface area contributed by atoms with Crippen molar-refractivity contribution in [1.29, 1.82) is 0 Å². The zero-order valence-electron chi connectivity index (χ0n) is 5.04. The molecule has 0 radical (unpaired) electrons. The summed E-state index contributed by atoms with van der Waals surface area (Å²) in [5.74, 6) is 0.928. The van der Waals surface area contributed by atoms with E-state index in [0.717, 1.165) is 12.2 Å². The number of hydrogen-bond donors (Lipinski definition) is 2. The molecule has 0 aliphatic carbocycles. The predicted octanol–water partition coefficient (Wildman–Crippen LogP) is 2.18. The van der Waals surface area contributed by atoms with E-state index in [1.54, 1.807) is 0 Å². The van der Waals surface area contributed by atoms with Gasteiger partial charge < -0.3 is 0 Å². The lowest BCUT2D eigenvalue weighted by Crippen LogP contribution is -1.80. The van der Waals surface area contributed by atoms with E-state index in [9.17, 15) is 0 Å². The molecule has 0 N–H and O–H groups in total. The van der Waals surface area contributed by atoms with Crippen molar-refractivity contribution in [2.45, 2.75) is 18.6 Å².